The molecular weight excluding hydrogens is 524 g/mol. The van der Waals surface area contributed by atoms with Crippen LogP contribution in [-0.4, -0.2) is 52.0 Å². The van der Waals surface area contributed by atoms with Gasteiger partial charge in [0.2, 0.25) is 0 Å². The number of para-hydroxylation sites is 3. The molecule has 2 heterocycles. The van der Waals surface area contributed by atoms with Gasteiger partial charge in [-0.15, -0.1) is 0 Å². The van der Waals surface area contributed by atoms with Crippen LogP contribution in [0.5, 0.6) is 0 Å². The van der Waals surface area contributed by atoms with Gasteiger partial charge < -0.3 is 9.80 Å². The average molecular weight is 566 g/mol. The van der Waals surface area contributed by atoms with E-state index >= 15 is 0 Å². The Bertz CT molecular complexity index is 1530. The number of pyridine rings is 1. The summed E-state index contributed by atoms with van der Waals surface area (Å²) < 4.78 is 2.35. The van der Waals surface area contributed by atoms with E-state index in [4.69, 9.17) is 0 Å². The Morgan fingerprint density at radius 2 is 1.56 bits per heavy atom. The number of Topliss-reactive ketones (excluding diaryl/α,β-unsaturated/α-hetero) is 1. The number of ketones is 1. The molecule has 0 atom stereocenters. The monoisotopic (exact) mass is 565 g/mol. The van der Waals surface area contributed by atoms with Crippen molar-refractivity contribution in [2.75, 3.05) is 51.1 Å². The number of carbonyl (C=O) groups excluding carboxylic acids is 1. The maximum atomic E-state index is 12.6. The minimum absolute atomic E-state index is 0.373. The summed E-state index contributed by atoms with van der Waals surface area (Å²) >= 11 is 1.82. The number of fused-ring (bicyclic) bond motifs is 2. The molecule has 212 valence electrons. The minimum Gasteiger partial charge on any atom is -0.338 e. The second-order valence-electron chi connectivity index (χ2n) is 11.1. The van der Waals surface area contributed by atoms with Crippen LogP contribution < -0.4 is 14.4 Å². The van der Waals surface area contributed by atoms with Crippen molar-refractivity contribution in [3.05, 3.63) is 95.5 Å². The van der Waals surface area contributed by atoms with Crippen molar-refractivity contribution < 1.29 is 9.36 Å². The van der Waals surface area contributed by atoms with E-state index in [-0.39, 0.29) is 0 Å². The van der Waals surface area contributed by atoms with Gasteiger partial charge in [0, 0.05) is 36.2 Å². The van der Waals surface area contributed by atoms with E-state index in [1.165, 1.54) is 26.6 Å². The Labute approximate surface area is 249 Å². The van der Waals surface area contributed by atoms with Crippen molar-refractivity contribution in [2.24, 2.45) is 0 Å². The van der Waals surface area contributed by atoms with Crippen molar-refractivity contribution in [1.29, 1.82) is 0 Å². The van der Waals surface area contributed by atoms with Gasteiger partial charge in [-0.05, 0) is 81.9 Å². The third-order valence-corrected chi connectivity index (χ3v) is 8.85. The van der Waals surface area contributed by atoms with Crippen LogP contribution in [0.25, 0.3) is 22.7 Å². The Morgan fingerprint density at radius 3 is 2.34 bits per heavy atom. The maximum Gasteiger partial charge on any atom is 0.282 e. The minimum atomic E-state index is 0.373. The molecule has 5 nitrogen and oxygen atoms in total. The normalized spacial score (nSPS) is 13.8. The quantitative estimate of drug-likeness (QED) is 0.134. The first-order valence-electron chi connectivity index (χ1n) is 14.6. The van der Waals surface area contributed by atoms with Crippen LogP contribution in [-0.2, 0) is 4.79 Å². The SMILES string of the molecule is CN(C)CCCCC(=O)CCCN(C)c1cc(C=C2Sc3ccccc3N2C)c2ccccc2[n+]1-c1ccccc1. The molecule has 0 amide bonds. The molecule has 5 rings (SSSR count). The zero-order chi connectivity index (χ0) is 28.8. The lowest BCUT2D eigenvalue weighted by atomic mass is 10.1. The van der Waals surface area contributed by atoms with Crippen molar-refractivity contribution in [3.8, 4) is 5.69 Å². The molecule has 1 aromatic heterocycles. The van der Waals surface area contributed by atoms with Gasteiger partial charge in [0.25, 0.3) is 5.82 Å². The predicted octanol–water partition coefficient (Wildman–Crippen LogP) is 7.17. The van der Waals surface area contributed by atoms with Gasteiger partial charge in [0.15, 0.2) is 0 Å². The number of hydrogen-bond donors (Lipinski definition) is 0. The van der Waals surface area contributed by atoms with Gasteiger partial charge in [-0.2, -0.15) is 4.57 Å². The Balaban J connectivity index is 1.45. The lowest BCUT2D eigenvalue weighted by Crippen LogP contribution is -2.40. The zero-order valence-corrected chi connectivity index (χ0v) is 25.5. The summed E-state index contributed by atoms with van der Waals surface area (Å²) in [4.78, 5) is 20.6. The molecule has 0 aliphatic carbocycles. The standard InChI is InChI=1S/C35H41N4OS/c1-36(2)23-13-12-17-29(40)18-14-24-37(3)34-25-27(26-35-38(4)32-21-10-11-22-33(32)41-35)30-19-8-9-20-31(30)39(34)28-15-6-5-7-16-28/h5-11,15-16,19-22,25-26H,12-14,17-18,23-24H2,1-4H3/q+1. The number of thioether (sulfide) groups is 1. The van der Waals surface area contributed by atoms with Crippen LogP contribution >= 0.6 is 11.8 Å². The van der Waals surface area contributed by atoms with Gasteiger partial charge in [-0.3, -0.25) is 9.69 Å². The van der Waals surface area contributed by atoms with Gasteiger partial charge in [0.1, 0.15) is 17.0 Å². The molecule has 0 N–H and O–H groups in total. The summed E-state index contributed by atoms with van der Waals surface area (Å²) in [6.45, 7) is 1.85. The van der Waals surface area contributed by atoms with Crippen molar-refractivity contribution in [3.63, 3.8) is 0 Å². The molecule has 0 fully saturated rings. The molecule has 3 aromatic carbocycles. The molecule has 6 heteroatoms. The third-order valence-electron chi connectivity index (χ3n) is 7.69. The molecule has 0 saturated heterocycles. The molecule has 0 saturated carbocycles. The van der Waals surface area contributed by atoms with Gasteiger partial charge in [0.05, 0.1) is 24.3 Å². The summed E-state index contributed by atoms with van der Waals surface area (Å²) in [5, 5.41) is 2.42. The Hall–Kier alpha value is -3.61. The van der Waals surface area contributed by atoms with Crippen LogP contribution in [0.1, 0.15) is 37.7 Å². The number of unbranched alkanes of at least 4 members (excludes halogenated alkanes) is 1. The van der Waals surface area contributed by atoms with E-state index in [1.807, 2.05) is 11.8 Å². The fourth-order valence-corrected chi connectivity index (χ4v) is 6.55. The number of nitrogens with zero attached hydrogens (tertiary/aromatic N) is 4. The van der Waals surface area contributed by atoms with E-state index < -0.39 is 0 Å². The third kappa shape index (κ3) is 6.83. The van der Waals surface area contributed by atoms with E-state index in [1.54, 1.807) is 0 Å². The van der Waals surface area contributed by atoms with Gasteiger partial charge in [-0.1, -0.05) is 60.3 Å². The Kier molecular flexibility index (Phi) is 9.42. The topological polar surface area (TPSA) is 30.7 Å². The summed E-state index contributed by atoms with van der Waals surface area (Å²) in [7, 11) is 8.45. The molecular formula is C35H41N4OS+. The lowest BCUT2D eigenvalue weighted by molar-refractivity contribution is -0.553. The second kappa shape index (κ2) is 13.4. The van der Waals surface area contributed by atoms with Crippen LogP contribution in [0.3, 0.4) is 0 Å². The molecule has 0 unspecified atom stereocenters. The molecule has 1 aliphatic rings. The van der Waals surface area contributed by atoms with Crippen LogP contribution in [0, 0.1) is 0 Å². The molecule has 1 aliphatic heterocycles. The average Bonchev–Trinajstić information content (AvgIpc) is 3.30. The van der Waals surface area contributed by atoms with Gasteiger partial charge in [-0.25, -0.2) is 0 Å². The van der Waals surface area contributed by atoms with Crippen molar-refractivity contribution in [1.82, 2.24) is 4.90 Å². The summed E-state index contributed by atoms with van der Waals surface area (Å²) in [6, 6.07) is 30.1. The van der Waals surface area contributed by atoms with Crippen LogP contribution in [0.2, 0.25) is 0 Å². The highest BCUT2D eigenvalue weighted by atomic mass is 32.2. The highest BCUT2D eigenvalue weighted by molar-refractivity contribution is 8.03. The van der Waals surface area contributed by atoms with Gasteiger partial charge >= 0.3 is 0 Å². The summed E-state index contributed by atoms with van der Waals surface area (Å²) in [5.41, 5.74) is 4.72. The number of aromatic nitrogens is 1. The van der Waals surface area contributed by atoms with Crippen molar-refractivity contribution in [2.45, 2.75) is 37.0 Å². The highest BCUT2D eigenvalue weighted by Crippen LogP contribution is 2.45. The molecule has 0 spiro atoms. The highest BCUT2D eigenvalue weighted by Gasteiger charge is 2.25. The fraction of sp³-hybridized carbons (Fsp3) is 0.314. The number of hydrogen-bond acceptors (Lipinski definition) is 5. The summed E-state index contributed by atoms with van der Waals surface area (Å²) in [5.74, 6) is 1.49. The summed E-state index contributed by atoms with van der Waals surface area (Å²) in [6.07, 6.45) is 6.51. The smallest absolute Gasteiger partial charge is 0.282 e. The first-order chi connectivity index (χ1) is 19.9. The van der Waals surface area contributed by atoms with E-state index in [2.05, 4.69) is 138 Å². The zero-order valence-electron chi connectivity index (χ0n) is 24.7. The Morgan fingerprint density at radius 1 is 0.854 bits per heavy atom. The predicted molar refractivity (Wildman–Crippen MR) is 174 cm³/mol. The first kappa shape index (κ1) is 28.9. The van der Waals surface area contributed by atoms with E-state index in [0.29, 0.717) is 18.6 Å². The van der Waals surface area contributed by atoms with Crippen molar-refractivity contribution >= 4 is 46.0 Å². The van der Waals surface area contributed by atoms with E-state index in [9.17, 15) is 4.79 Å². The van der Waals surface area contributed by atoms with Crippen LogP contribution in [0.15, 0.2) is 94.9 Å². The molecule has 0 bridgehead atoms. The lowest BCUT2D eigenvalue weighted by Gasteiger charge is -2.19. The number of anilines is 2. The number of benzene rings is 3. The van der Waals surface area contributed by atoms with Crippen LogP contribution in [0.4, 0.5) is 11.5 Å². The molecule has 4 aromatic rings. The second-order valence-corrected chi connectivity index (χ2v) is 12.1. The number of rotatable bonds is 12. The molecule has 41 heavy (non-hydrogen) atoms. The van der Waals surface area contributed by atoms with E-state index in [0.717, 1.165) is 49.4 Å². The number of carbonyl (C=O) groups is 1. The molecule has 0 radical (unpaired) electrons. The fourth-order valence-electron chi connectivity index (χ4n) is 5.45. The first-order valence-corrected chi connectivity index (χ1v) is 15.4. The largest absolute Gasteiger partial charge is 0.338 e. The maximum absolute atomic E-state index is 12.6.